The number of carboxylic acids is 1. The summed E-state index contributed by atoms with van der Waals surface area (Å²) in [5.74, 6) is -4.48. The summed E-state index contributed by atoms with van der Waals surface area (Å²) in [5.41, 5.74) is 0.419. The average Bonchev–Trinajstić information content (AvgIpc) is 2.75. The maximum atomic E-state index is 13.0. The smallest absolute Gasteiger partial charge is 0.478 e. The van der Waals surface area contributed by atoms with Gasteiger partial charge in [0.25, 0.3) is 0 Å². The molecule has 5 N–H and O–H groups in total. The van der Waals surface area contributed by atoms with Gasteiger partial charge in [0, 0.05) is 13.1 Å². The van der Waals surface area contributed by atoms with Gasteiger partial charge in [0.2, 0.25) is 5.91 Å². The summed E-state index contributed by atoms with van der Waals surface area (Å²) < 4.78 is 5.27. The second kappa shape index (κ2) is 10.2. The zero-order chi connectivity index (χ0) is 23.3. The highest BCUT2D eigenvalue weighted by atomic mass is 16.5. The van der Waals surface area contributed by atoms with Crippen LogP contribution in [0.4, 0.5) is 4.79 Å². The molecule has 5 amide bonds. The fraction of sp³-hybridized carbons (Fsp3) is 0.421. The molecule has 32 heavy (non-hydrogen) atoms. The summed E-state index contributed by atoms with van der Waals surface area (Å²) >= 11 is 0. The van der Waals surface area contributed by atoms with Gasteiger partial charge in [0.15, 0.2) is 0 Å². The molecule has 0 aliphatic carbocycles. The van der Waals surface area contributed by atoms with Gasteiger partial charge in [-0.15, -0.1) is 0 Å². The highest BCUT2D eigenvalue weighted by Crippen LogP contribution is 2.20. The van der Waals surface area contributed by atoms with Crippen LogP contribution in [0.1, 0.15) is 30.9 Å². The van der Waals surface area contributed by atoms with Crippen LogP contribution in [-0.4, -0.2) is 77.0 Å². The van der Waals surface area contributed by atoms with Gasteiger partial charge in [-0.25, -0.2) is 4.79 Å². The molecule has 2 aliphatic rings. The maximum Gasteiger partial charge on any atom is 0.478 e. The van der Waals surface area contributed by atoms with E-state index in [-0.39, 0.29) is 25.9 Å². The van der Waals surface area contributed by atoms with Crippen molar-refractivity contribution in [1.82, 2.24) is 20.9 Å². The third-order valence-electron chi connectivity index (χ3n) is 5.17. The Morgan fingerprint density at radius 1 is 1.22 bits per heavy atom. The number of piperazine rings is 1. The molecule has 0 saturated carbocycles. The highest BCUT2D eigenvalue weighted by molar-refractivity contribution is 6.45. The Morgan fingerprint density at radius 2 is 1.94 bits per heavy atom. The van der Waals surface area contributed by atoms with Crippen molar-refractivity contribution in [2.75, 3.05) is 13.1 Å². The molecule has 12 nitrogen and oxygen atoms in total. The van der Waals surface area contributed by atoms with Crippen molar-refractivity contribution in [1.29, 1.82) is 0 Å². The minimum Gasteiger partial charge on any atom is -0.481 e. The number of amides is 5. The van der Waals surface area contributed by atoms with Gasteiger partial charge in [0.1, 0.15) is 6.04 Å². The molecule has 2 saturated heterocycles. The molecule has 170 valence electrons. The van der Waals surface area contributed by atoms with Crippen molar-refractivity contribution < 1.29 is 38.8 Å². The lowest BCUT2D eigenvalue weighted by molar-refractivity contribution is -0.146. The molecule has 2 aliphatic heterocycles. The monoisotopic (exact) mass is 446 g/mol. The van der Waals surface area contributed by atoms with Gasteiger partial charge >= 0.3 is 30.9 Å². The molecule has 2 heterocycles. The summed E-state index contributed by atoms with van der Waals surface area (Å²) in [4.78, 5) is 60.7. The van der Waals surface area contributed by atoms with Gasteiger partial charge < -0.3 is 30.7 Å². The average molecular weight is 446 g/mol. The molecule has 3 atom stereocenters. The van der Waals surface area contributed by atoms with E-state index in [1.807, 2.05) is 0 Å². The van der Waals surface area contributed by atoms with Gasteiger partial charge in [-0.2, -0.15) is 0 Å². The number of urea groups is 1. The van der Waals surface area contributed by atoms with Crippen LogP contribution in [0.25, 0.3) is 0 Å². The lowest BCUT2D eigenvalue weighted by atomic mass is 9.72. The van der Waals surface area contributed by atoms with Crippen LogP contribution in [0.3, 0.4) is 0 Å². The maximum absolute atomic E-state index is 13.0. The molecule has 3 rings (SSSR count). The van der Waals surface area contributed by atoms with Gasteiger partial charge in [-0.1, -0.05) is 30.3 Å². The van der Waals surface area contributed by atoms with E-state index in [0.29, 0.717) is 12.0 Å². The quantitative estimate of drug-likeness (QED) is 0.261. The van der Waals surface area contributed by atoms with Crippen LogP contribution in [-0.2, 0) is 23.8 Å². The summed E-state index contributed by atoms with van der Waals surface area (Å²) in [6, 6.07) is 6.13. The Balaban J connectivity index is 1.70. The molecule has 0 aromatic heterocycles. The number of nitrogens with zero attached hydrogens (tertiary/aromatic N) is 1. The standard InChI is InChI=1S/C19H23BN4O8/c25-14(26)10-12-6-7-13(20(31)32-12)22-16(27)15(11-4-2-1-3-5-11)23-19(30)24-9-8-21-17(28)18(24)29/h1-5,12-13,15,31H,6-10H2,(H,21,28)(H,22,27)(H,23,30)(H,25,26)/t12-,13-,15+/m0/s1. The zero-order valence-corrected chi connectivity index (χ0v) is 17.0. The van der Waals surface area contributed by atoms with Gasteiger partial charge in [-0.05, 0) is 18.4 Å². The van der Waals surface area contributed by atoms with E-state index >= 15 is 0 Å². The van der Waals surface area contributed by atoms with E-state index in [0.717, 1.165) is 4.90 Å². The van der Waals surface area contributed by atoms with Crippen LogP contribution in [0.15, 0.2) is 30.3 Å². The number of carbonyl (C=O) groups excluding carboxylic acids is 4. The van der Waals surface area contributed by atoms with Crippen molar-refractivity contribution in [3.8, 4) is 0 Å². The molecule has 13 heteroatoms. The number of rotatable bonds is 6. The first-order chi connectivity index (χ1) is 15.3. The van der Waals surface area contributed by atoms with Crippen LogP contribution in [0, 0.1) is 0 Å². The fourth-order valence-corrected chi connectivity index (χ4v) is 3.54. The molecular weight excluding hydrogens is 423 g/mol. The normalized spacial score (nSPS) is 22.0. The Labute approximate surface area is 183 Å². The SMILES string of the molecule is O=C(O)C[C@@H]1CC[C@H](NC(=O)[C@H](NC(=O)N2CCNC(=O)C2=O)c2ccccc2)B(O)O1. The Hall–Kier alpha value is -3.45. The van der Waals surface area contributed by atoms with Gasteiger partial charge in [0.05, 0.1) is 18.5 Å². The van der Waals surface area contributed by atoms with Crippen molar-refractivity contribution in [3.63, 3.8) is 0 Å². The summed E-state index contributed by atoms with van der Waals surface area (Å²) in [6.45, 7) is 0.0585. The summed E-state index contributed by atoms with van der Waals surface area (Å²) in [5, 5.41) is 26.5. The van der Waals surface area contributed by atoms with Crippen molar-refractivity contribution in [2.45, 2.75) is 37.3 Å². The minimum atomic E-state index is -1.42. The third-order valence-corrected chi connectivity index (χ3v) is 5.17. The lowest BCUT2D eigenvalue weighted by Gasteiger charge is -2.32. The van der Waals surface area contributed by atoms with Crippen LogP contribution < -0.4 is 16.0 Å². The van der Waals surface area contributed by atoms with E-state index in [9.17, 15) is 29.0 Å². The second-order valence-corrected chi connectivity index (χ2v) is 7.44. The number of nitrogens with one attached hydrogen (secondary N) is 3. The highest BCUT2D eigenvalue weighted by Gasteiger charge is 2.39. The Morgan fingerprint density at radius 3 is 2.59 bits per heavy atom. The first-order valence-electron chi connectivity index (χ1n) is 10.1. The van der Waals surface area contributed by atoms with Crippen LogP contribution in [0.5, 0.6) is 0 Å². The number of carbonyl (C=O) groups is 5. The Kier molecular flexibility index (Phi) is 7.43. The number of imide groups is 1. The number of benzene rings is 1. The lowest BCUT2D eigenvalue weighted by Crippen LogP contribution is -2.59. The zero-order valence-electron chi connectivity index (χ0n) is 17.0. The molecule has 0 bridgehead atoms. The number of carboxylic acid groups (broad SMARTS) is 1. The molecule has 0 spiro atoms. The van der Waals surface area contributed by atoms with Crippen molar-refractivity contribution in [3.05, 3.63) is 35.9 Å². The fourth-order valence-electron chi connectivity index (χ4n) is 3.54. The first-order valence-corrected chi connectivity index (χ1v) is 10.1. The molecule has 0 radical (unpaired) electrons. The van der Waals surface area contributed by atoms with E-state index < -0.39 is 54.9 Å². The van der Waals surface area contributed by atoms with E-state index in [2.05, 4.69) is 16.0 Å². The third kappa shape index (κ3) is 5.62. The minimum absolute atomic E-state index is 0.0420. The molecule has 1 aromatic rings. The van der Waals surface area contributed by atoms with Crippen molar-refractivity contribution in [2.24, 2.45) is 0 Å². The van der Waals surface area contributed by atoms with E-state index in [1.165, 1.54) is 0 Å². The van der Waals surface area contributed by atoms with Crippen molar-refractivity contribution >= 4 is 36.8 Å². The number of hydrogen-bond acceptors (Lipinski definition) is 7. The van der Waals surface area contributed by atoms with Crippen LogP contribution in [0.2, 0.25) is 0 Å². The summed E-state index contributed by atoms with van der Waals surface area (Å²) in [7, 11) is -1.42. The largest absolute Gasteiger partial charge is 0.481 e. The number of hydrogen-bond donors (Lipinski definition) is 5. The Bertz CT molecular complexity index is 899. The van der Waals surface area contributed by atoms with E-state index in [1.54, 1.807) is 30.3 Å². The molecule has 0 unspecified atom stereocenters. The first kappa shape index (κ1) is 23.2. The molecule has 2 fully saturated rings. The van der Waals surface area contributed by atoms with Gasteiger partial charge in [-0.3, -0.25) is 24.1 Å². The molecule has 1 aromatic carbocycles. The predicted octanol–water partition coefficient (Wildman–Crippen LogP) is -1.45. The molecular formula is C19H23BN4O8. The second-order valence-electron chi connectivity index (χ2n) is 7.44. The predicted molar refractivity (Wildman–Crippen MR) is 109 cm³/mol. The summed E-state index contributed by atoms with van der Waals surface area (Å²) in [6.07, 6.45) is -0.353. The van der Waals surface area contributed by atoms with E-state index in [4.69, 9.17) is 9.76 Å². The topological polar surface area (TPSA) is 174 Å². The number of aliphatic carboxylic acids is 1. The van der Waals surface area contributed by atoms with Crippen LogP contribution >= 0.6 is 0 Å².